The highest BCUT2D eigenvalue weighted by Gasteiger charge is 2.32. The molecule has 2 aromatic rings. The zero-order valence-electron chi connectivity index (χ0n) is 15.7. The lowest BCUT2D eigenvalue weighted by molar-refractivity contribution is -0.132. The normalized spacial score (nSPS) is 18.9. The fraction of sp³-hybridized carbons (Fsp3) is 0.381. The van der Waals surface area contributed by atoms with Crippen LogP contribution < -0.4 is 5.73 Å². The van der Waals surface area contributed by atoms with Gasteiger partial charge in [0.2, 0.25) is 5.91 Å². The topological polar surface area (TPSA) is 46.3 Å². The van der Waals surface area contributed by atoms with Crippen LogP contribution in [0.4, 0.5) is 8.78 Å². The number of hydrogen-bond donors (Lipinski definition) is 1. The van der Waals surface area contributed by atoms with Crippen LogP contribution in [0.15, 0.2) is 53.4 Å². The lowest BCUT2D eigenvalue weighted by Gasteiger charge is -2.36. The van der Waals surface area contributed by atoms with Gasteiger partial charge in [0.05, 0.1) is 0 Å². The molecule has 0 radical (unpaired) electrons. The number of nitrogens with two attached hydrogens (primary N) is 1. The van der Waals surface area contributed by atoms with E-state index in [9.17, 15) is 13.6 Å². The van der Waals surface area contributed by atoms with E-state index in [-0.39, 0.29) is 35.2 Å². The van der Waals surface area contributed by atoms with Crippen LogP contribution in [0.25, 0.3) is 0 Å². The van der Waals surface area contributed by atoms with Gasteiger partial charge in [-0.3, -0.25) is 4.79 Å². The molecule has 1 heterocycles. The number of benzene rings is 2. The Labute approximate surface area is 175 Å². The predicted octanol–water partition coefficient (Wildman–Crippen LogP) is 4.81. The summed E-state index contributed by atoms with van der Waals surface area (Å²) in [6.45, 7) is 3.23. The molecule has 0 aliphatic carbocycles. The first-order chi connectivity index (χ1) is 13.0. The number of amides is 1. The number of carbonyl (C=O) groups excluding carboxylic acids is 1. The van der Waals surface area contributed by atoms with Crippen molar-refractivity contribution in [2.24, 2.45) is 11.7 Å². The van der Waals surface area contributed by atoms with E-state index in [1.165, 1.54) is 0 Å². The number of likely N-dealkylation sites (tertiary alicyclic amines) is 1. The summed E-state index contributed by atoms with van der Waals surface area (Å²) in [7, 11) is 0. The number of halogens is 3. The average Bonchev–Trinajstić information content (AvgIpc) is 2.69. The van der Waals surface area contributed by atoms with Gasteiger partial charge in [0, 0.05) is 24.0 Å². The molecule has 1 amide bonds. The quantitative estimate of drug-likeness (QED) is 0.698. The van der Waals surface area contributed by atoms with Gasteiger partial charge in [-0.2, -0.15) is 0 Å². The largest absolute Gasteiger partial charge is 0.341 e. The van der Waals surface area contributed by atoms with E-state index in [0.717, 1.165) is 48.4 Å². The van der Waals surface area contributed by atoms with Crippen molar-refractivity contribution in [2.45, 2.75) is 36.0 Å². The smallest absolute Gasteiger partial charge is 0.240 e. The maximum absolute atomic E-state index is 14.2. The van der Waals surface area contributed by atoms with Crippen molar-refractivity contribution >= 4 is 30.1 Å². The summed E-state index contributed by atoms with van der Waals surface area (Å²) < 4.78 is 27.8. The van der Waals surface area contributed by atoms with Crippen molar-refractivity contribution < 1.29 is 13.6 Å². The molecule has 28 heavy (non-hydrogen) atoms. The zero-order chi connectivity index (χ0) is 19.4. The minimum Gasteiger partial charge on any atom is -0.341 e. The molecule has 7 heteroatoms. The molecule has 0 spiro atoms. The van der Waals surface area contributed by atoms with E-state index in [4.69, 9.17) is 5.73 Å². The van der Waals surface area contributed by atoms with E-state index in [1.54, 1.807) is 0 Å². The van der Waals surface area contributed by atoms with Crippen LogP contribution in [0, 0.1) is 17.6 Å². The fourth-order valence-corrected chi connectivity index (χ4v) is 4.55. The zero-order valence-corrected chi connectivity index (χ0v) is 17.3. The Kier molecular flexibility index (Phi) is 8.28. The first kappa shape index (κ1) is 22.7. The van der Waals surface area contributed by atoms with Gasteiger partial charge in [-0.05, 0) is 49.4 Å². The summed E-state index contributed by atoms with van der Waals surface area (Å²) in [5.41, 5.74) is 6.82. The highest BCUT2D eigenvalue weighted by molar-refractivity contribution is 8.00. The number of carbonyl (C=O) groups is 1. The molecule has 0 saturated carbocycles. The van der Waals surface area contributed by atoms with Crippen molar-refractivity contribution in [3.63, 3.8) is 0 Å². The molecule has 3 rings (SSSR count). The van der Waals surface area contributed by atoms with Gasteiger partial charge >= 0.3 is 0 Å². The van der Waals surface area contributed by atoms with E-state index in [2.05, 4.69) is 0 Å². The van der Waals surface area contributed by atoms with Crippen LogP contribution in [-0.4, -0.2) is 29.9 Å². The number of thioether (sulfide) groups is 1. The summed E-state index contributed by atoms with van der Waals surface area (Å²) in [6, 6.07) is 12.6. The molecule has 2 aromatic carbocycles. The Hall–Kier alpha value is -1.63. The van der Waals surface area contributed by atoms with Gasteiger partial charge in [-0.15, -0.1) is 24.2 Å². The SMILES string of the molecule is CC(N)C1CCCN(C(=O)C(Sc2cc(F)ccc2F)c2ccccc2)C1.Cl. The summed E-state index contributed by atoms with van der Waals surface area (Å²) in [6.07, 6.45) is 1.90. The second-order valence-corrected chi connectivity index (χ2v) is 8.18. The fourth-order valence-electron chi connectivity index (χ4n) is 3.39. The van der Waals surface area contributed by atoms with Crippen LogP contribution in [0.1, 0.15) is 30.6 Å². The number of piperidine rings is 1. The van der Waals surface area contributed by atoms with Crippen molar-refractivity contribution in [1.29, 1.82) is 0 Å². The third-order valence-corrected chi connectivity index (χ3v) is 6.25. The number of nitrogens with zero attached hydrogens (tertiary/aromatic N) is 1. The van der Waals surface area contributed by atoms with Gasteiger partial charge in [-0.1, -0.05) is 30.3 Å². The summed E-state index contributed by atoms with van der Waals surface area (Å²) in [5, 5.41) is -0.630. The third kappa shape index (κ3) is 5.46. The Bertz CT molecular complexity index is 791. The van der Waals surface area contributed by atoms with Crippen molar-refractivity contribution in [3.05, 3.63) is 65.7 Å². The third-order valence-electron chi connectivity index (χ3n) is 4.98. The van der Waals surface area contributed by atoms with Crippen molar-refractivity contribution in [3.8, 4) is 0 Å². The average molecular weight is 427 g/mol. The molecular formula is C21H25ClF2N2OS. The molecule has 3 nitrogen and oxygen atoms in total. The number of hydrogen-bond acceptors (Lipinski definition) is 3. The van der Waals surface area contributed by atoms with E-state index >= 15 is 0 Å². The minimum absolute atomic E-state index is 0. The van der Waals surface area contributed by atoms with Crippen molar-refractivity contribution in [1.82, 2.24) is 4.90 Å². The second-order valence-electron chi connectivity index (χ2n) is 7.03. The van der Waals surface area contributed by atoms with Gasteiger partial charge in [0.15, 0.2) is 0 Å². The lowest BCUT2D eigenvalue weighted by atomic mass is 9.92. The summed E-state index contributed by atoms with van der Waals surface area (Å²) in [4.78, 5) is 15.3. The maximum atomic E-state index is 14.2. The highest BCUT2D eigenvalue weighted by atomic mass is 35.5. The Morgan fingerprint density at radius 3 is 2.61 bits per heavy atom. The molecule has 1 fully saturated rings. The summed E-state index contributed by atoms with van der Waals surface area (Å²) in [5.74, 6) is -0.870. The molecule has 2 N–H and O–H groups in total. The predicted molar refractivity (Wildman–Crippen MR) is 112 cm³/mol. The van der Waals surface area contributed by atoms with E-state index in [0.29, 0.717) is 13.1 Å². The highest BCUT2D eigenvalue weighted by Crippen LogP contribution is 2.39. The molecule has 0 bridgehead atoms. The maximum Gasteiger partial charge on any atom is 0.240 e. The van der Waals surface area contributed by atoms with Gasteiger partial charge < -0.3 is 10.6 Å². The molecule has 1 saturated heterocycles. The number of rotatable bonds is 5. The van der Waals surface area contributed by atoms with E-state index in [1.807, 2.05) is 42.2 Å². The molecular weight excluding hydrogens is 402 g/mol. The molecule has 1 aliphatic heterocycles. The lowest BCUT2D eigenvalue weighted by Crippen LogP contribution is -2.46. The van der Waals surface area contributed by atoms with Crippen LogP contribution in [0.5, 0.6) is 0 Å². The van der Waals surface area contributed by atoms with Crippen LogP contribution in [0.2, 0.25) is 0 Å². The molecule has 152 valence electrons. The van der Waals surface area contributed by atoms with Crippen molar-refractivity contribution in [2.75, 3.05) is 13.1 Å². The molecule has 0 aromatic heterocycles. The monoisotopic (exact) mass is 426 g/mol. The molecule has 3 atom stereocenters. The summed E-state index contributed by atoms with van der Waals surface area (Å²) >= 11 is 1.06. The molecule has 3 unspecified atom stereocenters. The first-order valence-electron chi connectivity index (χ1n) is 9.16. The molecule has 1 aliphatic rings. The first-order valence-corrected chi connectivity index (χ1v) is 10.0. The Morgan fingerprint density at radius 1 is 1.21 bits per heavy atom. The van der Waals surface area contributed by atoms with Gasteiger partial charge in [0.25, 0.3) is 0 Å². The van der Waals surface area contributed by atoms with Gasteiger partial charge in [0.1, 0.15) is 16.9 Å². The van der Waals surface area contributed by atoms with Crippen LogP contribution in [-0.2, 0) is 4.79 Å². The van der Waals surface area contributed by atoms with Crippen LogP contribution >= 0.6 is 24.2 Å². The van der Waals surface area contributed by atoms with Crippen LogP contribution in [0.3, 0.4) is 0 Å². The van der Waals surface area contributed by atoms with E-state index < -0.39 is 16.9 Å². The second kappa shape index (κ2) is 10.2. The Morgan fingerprint density at radius 2 is 1.93 bits per heavy atom. The minimum atomic E-state index is -0.630. The standard InChI is InChI=1S/C21H24F2N2OS.ClH/c1-14(24)16-8-5-11-25(13-16)21(26)20(15-6-3-2-4-7-15)27-19-12-17(22)9-10-18(19)23;/h2-4,6-7,9-10,12,14,16,20H,5,8,11,13,24H2,1H3;1H. The Balaban J connectivity index is 0.00000280. The van der Waals surface area contributed by atoms with Gasteiger partial charge in [-0.25, -0.2) is 8.78 Å².